The number of carbonyl (C=O) groups is 2. The molecule has 22 heavy (non-hydrogen) atoms. The number of nitriles is 1. The van der Waals surface area contributed by atoms with E-state index >= 15 is 0 Å². The number of hydrogen-bond acceptors (Lipinski definition) is 3. The Morgan fingerprint density at radius 1 is 1.05 bits per heavy atom. The molecule has 0 aliphatic rings. The molecular formula is C16H12FN3O2. The topological polar surface area (TPSA) is 82.0 Å². The van der Waals surface area contributed by atoms with E-state index in [1.54, 1.807) is 24.3 Å². The molecule has 5 nitrogen and oxygen atoms in total. The number of hydrogen-bond donors (Lipinski definition) is 2. The first kappa shape index (κ1) is 15.2. The average Bonchev–Trinajstić information content (AvgIpc) is 2.49. The predicted octanol–water partition coefficient (Wildman–Crippen LogP) is 2.66. The molecule has 0 heterocycles. The van der Waals surface area contributed by atoms with Crippen LogP contribution >= 0.6 is 0 Å². The van der Waals surface area contributed by atoms with Gasteiger partial charge in [0.05, 0.1) is 17.3 Å². The van der Waals surface area contributed by atoms with Gasteiger partial charge in [-0.3, -0.25) is 9.59 Å². The van der Waals surface area contributed by atoms with Crippen LogP contribution in [-0.2, 0) is 9.59 Å². The Bertz CT molecular complexity index is 753. The van der Waals surface area contributed by atoms with Crippen molar-refractivity contribution in [2.45, 2.75) is 6.42 Å². The molecule has 0 aliphatic heterocycles. The minimum Gasteiger partial charge on any atom is -0.326 e. The van der Waals surface area contributed by atoms with Gasteiger partial charge in [-0.05, 0) is 30.3 Å². The molecule has 2 rings (SSSR count). The van der Waals surface area contributed by atoms with Gasteiger partial charge < -0.3 is 10.6 Å². The van der Waals surface area contributed by atoms with Crippen LogP contribution < -0.4 is 10.6 Å². The zero-order chi connectivity index (χ0) is 15.9. The third kappa shape index (κ3) is 4.15. The number of amides is 2. The Labute approximate surface area is 126 Å². The lowest BCUT2D eigenvalue weighted by molar-refractivity contribution is -0.123. The molecule has 0 atom stereocenters. The van der Waals surface area contributed by atoms with Gasteiger partial charge in [0.1, 0.15) is 12.2 Å². The van der Waals surface area contributed by atoms with Crippen LogP contribution in [0.4, 0.5) is 15.8 Å². The van der Waals surface area contributed by atoms with Gasteiger partial charge in [-0.2, -0.15) is 5.26 Å². The molecule has 0 aromatic heterocycles. The number of halogens is 1. The zero-order valence-electron chi connectivity index (χ0n) is 11.5. The molecule has 0 radical (unpaired) electrons. The molecule has 2 amide bonds. The molecule has 0 fully saturated rings. The van der Waals surface area contributed by atoms with Crippen LogP contribution in [0.5, 0.6) is 0 Å². The molecule has 2 N–H and O–H groups in total. The van der Waals surface area contributed by atoms with Crippen LogP contribution in [0, 0.1) is 17.1 Å². The van der Waals surface area contributed by atoms with Gasteiger partial charge in [-0.15, -0.1) is 0 Å². The second kappa shape index (κ2) is 6.99. The van der Waals surface area contributed by atoms with Gasteiger partial charge >= 0.3 is 0 Å². The first-order chi connectivity index (χ1) is 10.6. The zero-order valence-corrected chi connectivity index (χ0v) is 11.5. The smallest absolute Gasteiger partial charge is 0.233 e. The third-order valence-corrected chi connectivity index (χ3v) is 2.74. The number of benzene rings is 2. The van der Waals surface area contributed by atoms with Crippen LogP contribution in [0.2, 0.25) is 0 Å². The fraction of sp³-hybridized carbons (Fsp3) is 0.0625. The normalized spacial score (nSPS) is 9.64. The number of nitrogens with zero attached hydrogens (tertiary/aromatic N) is 1. The molecule has 0 bridgehead atoms. The Hall–Kier alpha value is -3.20. The molecule has 6 heteroatoms. The van der Waals surface area contributed by atoms with Crippen molar-refractivity contribution in [3.8, 4) is 6.07 Å². The first-order valence-corrected chi connectivity index (χ1v) is 6.43. The highest BCUT2D eigenvalue weighted by atomic mass is 19.1. The molecular weight excluding hydrogens is 285 g/mol. The van der Waals surface area contributed by atoms with E-state index in [1.165, 1.54) is 24.3 Å². The molecule has 2 aromatic rings. The van der Waals surface area contributed by atoms with Gasteiger partial charge in [0.2, 0.25) is 11.8 Å². The summed E-state index contributed by atoms with van der Waals surface area (Å²) in [5, 5.41) is 13.6. The molecule has 2 aromatic carbocycles. The van der Waals surface area contributed by atoms with Crippen LogP contribution in [0.1, 0.15) is 12.0 Å². The molecule has 0 spiro atoms. The number of anilines is 2. The summed E-state index contributed by atoms with van der Waals surface area (Å²) < 4.78 is 13.4. The van der Waals surface area contributed by atoms with Gasteiger partial charge in [0, 0.05) is 5.69 Å². The van der Waals surface area contributed by atoms with Gasteiger partial charge in [-0.1, -0.05) is 18.2 Å². The maximum absolute atomic E-state index is 13.4. The minimum atomic E-state index is -0.626. The van der Waals surface area contributed by atoms with Crippen LogP contribution in [0.15, 0.2) is 48.5 Å². The fourth-order valence-electron chi connectivity index (χ4n) is 1.77. The molecule has 110 valence electrons. The maximum atomic E-state index is 13.4. The summed E-state index contributed by atoms with van der Waals surface area (Å²) in [5.74, 6) is -1.75. The van der Waals surface area contributed by atoms with Crippen LogP contribution in [0.25, 0.3) is 0 Å². The van der Waals surface area contributed by atoms with Crippen molar-refractivity contribution in [2.24, 2.45) is 0 Å². The molecule has 0 aliphatic carbocycles. The Balaban J connectivity index is 1.93. The quantitative estimate of drug-likeness (QED) is 0.851. The fourth-order valence-corrected chi connectivity index (χ4v) is 1.77. The highest BCUT2D eigenvalue weighted by Crippen LogP contribution is 2.13. The Morgan fingerprint density at radius 3 is 2.50 bits per heavy atom. The number of nitrogens with one attached hydrogen (secondary N) is 2. The molecule has 0 saturated carbocycles. The predicted molar refractivity (Wildman–Crippen MR) is 79.4 cm³/mol. The Morgan fingerprint density at radius 2 is 1.77 bits per heavy atom. The molecule has 0 saturated heterocycles. The highest BCUT2D eigenvalue weighted by Gasteiger charge is 2.12. The van der Waals surface area contributed by atoms with E-state index in [0.29, 0.717) is 11.3 Å². The van der Waals surface area contributed by atoms with Crippen molar-refractivity contribution in [3.63, 3.8) is 0 Å². The number of rotatable bonds is 4. The van der Waals surface area contributed by atoms with E-state index < -0.39 is 24.1 Å². The number of carbonyl (C=O) groups excluding carboxylic acids is 2. The standard InChI is InChI=1S/C16H12FN3O2/c17-13-6-1-2-7-14(13)20-16(22)9-15(21)19-12-5-3-4-11(8-12)10-18/h1-8H,9H2,(H,19,21)(H,20,22). The first-order valence-electron chi connectivity index (χ1n) is 6.43. The summed E-state index contributed by atoms with van der Waals surface area (Å²) in [5.41, 5.74) is 0.836. The number of para-hydroxylation sites is 1. The van der Waals surface area contributed by atoms with E-state index in [4.69, 9.17) is 5.26 Å². The van der Waals surface area contributed by atoms with Crippen molar-refractivity contribution < 1.29 is 14.0 Å². The van der Waals surface area contributed by atoms with E-state index in [-0.39, 0.29) is 5.69 Å². The lowest BCUT2D eigenvalue weighted by atomic mass is 10.2. The second-order valence-electron chi connectivity index (χ2n) is 4.45. The van der Waals surface area contributed by atoms with E-state index in [1.807, 2.05) is 6.07 Å². The van der Waals surface area contributed by atoms with Crippen molar-refractivity contribution >= 4 is 23.2 Å². The van der Waals surface area contributed by atoms with Crippen LogP contribution in [-0.4, -0.2) is 11.8 Å². The summed E-state index contributed by atoms with van der Waals surface area (Å²) in [6.45, 7) is 0. The molecule has 0 unspecified atom stereocenters. The van der Waals surface area contributed by atoms with Crippen molar-refractivity contribution in [1.82, 2.24) is 0 Å². The summed E-state index contributed by atoms with van der Waals surface area (Å²) in [6.07, 6.45) is -0.453. The average molecular weight is 297 g/mol. The highest BCUT2D eigenvalue weighted by molar-refractivity contribution is 6.08. The minimum absolute atomic E-state index is 0.0202. The van der Waals surface area contributed by atoms with E-state index in [0.717, 1.165) is 0 Å². The Kier molecular flexibility index (Phi) is 4.83. The van der Waals surface area contributed by atoms with Gasteiger partial charge in [0.15, 0.2) is 0 Å². The van der Waals surface area contributed by atoms with Crippen molar-refractivity contribution in [1.29, 1.82) is 5.26 Å². The van der Waals surface area contributed by atoms with Crippen LogP contribution in [0.3, 0.4) is 0 Å². The largest absolute Gasteiger partial charge is 0.326 e. The second-order valence-corrected chi connectivity index (χ2v) is 4.45. The van der Waals surface area contributed by atoms with Crippen molar-refractivity contribution in [2.75, 3.05) is 10.6 Å². The maximum Gasteiger partial charge on any atom is 0.233 e. The third-order valence-electron chi connectivity index (χ3n) is 2.74. The van der Waals surface area contributed by atoms with Gasteiger partial charge in [0.25, 0.3) is 0 Å². The lowest BCUT2D eigenvalue weighted by Crippen LogP contribution is -2.21. The summed E-state index contributed by atoms with van der Waals surface area (Å²) >= 11 is 0. The monoisotopic (exact) mass is 297 g/mol. The lowest BCUT2D eigenvalue weighted by Gasteiger charge is -2.07. The van der Waals surface area contributed by atoms with Crippen molar-refractivity contribution in [3.05, 3.63) is 59.9 Å². The summed E-state index contributed by atoms with van der Waals surface area (Å²) in [4.78, 5) is 23.4. The summed E-state index contributed by atoms with van der Waals surface area (Å²) in [7, 11) is 0. The summed E-state index contributed by atoms with van der Waals surface area (Å²) in [6, 6.07) is 14.0. The van der Waals surface area contributed by atoms with E-state index in [9.17, 15) is 14.0 Å². The van der Waals surface area contributed by atoms with E-state index in [2.05, 4.69) is 10.6 Å². The van der Waals surface area contributed by atoms with Gasteiger partial charge in [-0.25, -0.2) is 4.39 Å². The SMILES string of the molecule is N#Cc1cccc(NC(=O)CC(=O)Nc2ccccc2F)c1.